The third-order valence-corrected chi connectivity index (χ3v) is 6.06. The Morgan fingerprint density at radius 2 is 2.12 bits per heavy atom. The topological polar surface area (TPSA) is 51.0 Å². The molecule has 0 radical (unpaired) electrons. The van der Waals surface area contributed by atoms with Gasteiger partial charge in [0.15, 0.2) is 0 Å². The molecule has 3 atom stereocenters. The summed E-state index contributed by atoms with van der Waals surface area (Å²) < 4.78 is 1.93. The summed E-state index contributed by atoms with van der Waals surface area (Å²) in [6.45, 7) is 0. The van der Waals surface area contributed by atoms with Crippen LogP contribution in [0.3, 0.4) is 0 Å². The highest BCUT2D eigenvalue weighted by atomic mass is 16.2. The van der Waals surface area contributed by atoms with Gasteiger partial charge in [0.05, 0.1) is 23.3 Å². The van der Waals surface area contributed by atoms with Crippen LogP contribution in [0.2, 0.25) is 0 Å². The Kier molecular flexibility index (Phi) is 3.30. The van der Waals surface area contributed by atoms with Crippen LogP contribution >= 0.6 is 0 Å². The molecule has 0 saturated carbocycles. The lowest BCUT2D eigenvalue weighted by Crippen LogP contribution is -2.45. The summed E-state index contributed by atoms with van der Waals surface area (Å²) in [6, 6.07) is 6.70. The largest absolute Gasteiger partial charge is 0.332 e. The maximum atomic E-state index is 13.3. The molecule has 1 fully saturated rings. The molecule has 128 valence electrons. The van der Waals surface area contributed by atoms with E-state index in [-0.39, 0.29) is 17.9 Å². The summed E-state index contributed by atoms with van der Waals surface area (Å²) in [4.78, 5) is 20.0. The molecule has 0 aromatic carbocycles. The zero-order valence-electron chi connectivity index (χ0n) is 14.4. The molecule has 2 bridgehead atoms. The van der Waals surface area contributed by atoms with Gasteiger partial charge in [0.2, 0.25) is 5.91 Å². The summed E-state index contributed by atoms with van der Waals surface area (Å²) in [7, 11) is 1.98. The Bertz CT molecular complexity index is 868. The van der Waals surface area contributed by atoms with Gasteiger partial charge in [0.25, 0.3) is 0 Å². The normalized spacial score (nSPS) is 27.3. The molecule has 2 aromatic heterocycles. The molecule has 5 nitrogen and oxygen atoms in total. The number of aromatic nitrogens is 3. The first-order valence-corrected chi connectivity index (χ1v) is 9.17. The Hall–Kier alpha value is -2.43. The summed E-state index contributed by atoms with van der Waals surface area (Å²) in [5, 5.41) is 4.29. The fourth-order valence-corrected chi connectivity index (χ4v) is 4.89. The zero-order chi connectivity index (χ0) is 17.0. The molecule has 2 aliphatic heterocycles. The van der Waals surface area contributed by atoms with Gasteiger partial charge in [-0.2, -0.15) is 5.10 Å². The van der Waals surface area contributed by atoms with Gasteiger partial charge in [-0.05, 0) is 55.4 Å². The van der Waals surface area contributed by atoms with Crippen molar-refractivity contribution in [1.29, 1.82) is 0 Å². The Morgan fingerprint density at radius 1 is 1.20 bits per heavy atom. The van der Waals surface area contributed by atoms with Crippen LogP contribution in [0, 0.1) is 0 Å². The van der Waals surface area contributed by atoms with Crippen LogP contribution in [0.1, 0.15) is 48.6 Å². The molecule has 5 rings (SSSR count). The molecule has 3 unspecified atom stereocenters. The van der Waals surface area contributed by atoms with Crippen molar-refractivity contribution < 1.29 is 4.79 Å². The summed E-state index contributed by atoms with van der Waals surface area (Å²) in [5.41, 5.74) is 4.77. The van der Waals surface area contributed by atoms with E-state index >= 15 is 0 Å². The van der Waals surface area contributed by atoms with Crippen molar-refractivity contribution in [3.8, 4) is 0 Å². The summed E-state index contributed by atoms with van der Waals surface area (Å²) in [5.74, 6) is 0.233. The molecule has 5 heteroatoms. The van der Waals surface area contributed by atoms with Gasteiger partial charge in [0.1, 0.15) is 0 Å². The maximum absolute atomic E-state index is 13.3. The second-order valence-electron chi connectivity index (χ2n) is 7.42. The lowest BCUT2D eigenvalue weighted by molar-refractivity contribution is -0.135. The number of aryl methyl sites for hydroxylation is 2. The van der Waals surface area contributed by atoms with E-state index in [0.717, 1.165) is 37.8 Å². The van der Waals surface area contributed by atoms with E-state index in [2.05, 4.69) is 33.2 Å². The number of pyridine rings is 1. The fraction of sp³-hybridized carbons (Fsp3) is 0.450. The smallest absolute Gasteiger partial charge is 0.232 e. The number of amides is 1. The molecule has 25 heavy (non-hydrogen) atoms. The number of carbonyl (C=O) groups is 1. The monoisotopic (exact) mass is 334 g/mol. The first-order chi connectivity index (χ1) is 12.2. The van der Waals surface area contributed by atoms with Crippen LogP contribution in [0.25, 0.3) is 5.57 Å². The van der Waals surface area contributed by atoms with E-state index in [1.807, 2.05) is 30.2 Å². The van der Waals surface area contributed by atoms with E-state index in [1.54, 1.807) is 0 Å². The number of fused-ring (bicyclic) bond motifs is 3. The molecule has 2 aromatic rings. The van der Waals surface area contributed by atoms with Gasteiger partial charge in [-0.3, -0.25) is 14.5 Å². The van der Waals surface area contributed by atoms with E-state index in [4.69, 9.17) is 0 Å². The molecule has 1 aliphatic carbocycles. The lowest BCUT2D eigenvalue weighted by atomic mass is 9.95. The SMILES string of the molecule is Cn1nccc1C1=CC2CCC(C1)N2C(=O)C1CCc2cccnc21. The third-order valence-electron chi connectivity index (χ3n) is 6.06. The molecule has 3 aliphatic rings. The second kappa shape index (κ2) is 5.55. The third kappa shape index (κ3) is 2.25. The number of carbonyl (C=O) groups excluding carboxylic acids is 1. The number of hydrogen-bond acceptors (Lipinski definition) is 3. The van der Waals surface area contributed by atoms with E-state index < -0.39 is 0 Å². The van der Waals surface area contributed by atoms with Crippen molar-refractivity contribution >= 4 is 11.5 Å². The van der Waals surface area contributed by atoms with Crippen molar-refractivity contribution in [2.24, 2.45) is 7.05 Å². The van der Waals surface area contributed by atoms with E-state index in [1.165, 1.54) is 16.8 Å². The van der Waals surface area contributed by atoms with Gasteiger partial charge in [-0.25, -0.2) is 0 Å². The standard InChI is InChI=1S/C20H22N4O/c1-23-18(8-10-22-23)14-11-15-5-6-16(12-14)24(15)20(25)17-7-4-13-3-2-9-21-19(13)17/h2-3,8-11,15-17H,4-7,12H2,1H3. The summed E-state index contributed by atoms with van der Waals surface area (Å²) >= 11 is 0. The van der Waals surface area contributed by atoms with Crippen molar-refractivity contribution in [3.63, 3.8) is 0 Å². The van der Waals surface area contributed by atoms with Gasteiger partial charge in [-0.15, -0.1) is 0 Å². The maximum Gasteiger partial charge on any atom is 0.232 e. The molecular formula is C20H22N4O. The van der Waals surface area contributed by atoms with E-state index in [0.29, 0.717) is 6.04 Å². The van der Waals surface area contributed by atoms with Gasteiger partial charge >= 0.3 is 0 Å². The van der Waals surface area contributed by atoms with Crippen LogP contribution in [-0.4, -0.2) is 37.7 Å². The first kappa shape index (κ1) is 14.9. The zero-order valence-corrected chi connectivity index (χ0v) is 14.4. The predicted molar refractivity (Wildman–Crippen MR) is 94.8 cm³/mol. The van der Waals surface area contributed by atoms with Crippen molar-refractivity contribution in [2.75, 3.05) is 0 Å². The molecule has 1 saturated heterocycles. The minimum Gasteiger partial charge on any atom is -0.332 e. The fourth-order valence-electron chi connectivity index (χ4n) is 4.89. The first-order valence-electron chi connectivity index (χ1n) is 9.17. The Labute approximate surface area is 147 Å². The minimum atomic E-state index is -0.0500. The quantitative estimate of drug-likeness (QED) is 0.848. The van der Waals surface area contributed by atoms with Gasteiger partial charge in [-0.1, -0.05) is 12.1 Å². The van der Waals surface area contributed by atoms with Crippen LogP contribution in [0.15, 0.2) is 36.7 Å². The second-order valence-corrected chi connectivity index (χ2v) is 7.42. The van der Waals surface area contributed by atoms with Crippen LogP contribution in [0.4, 0.5) is 0 Å². The van der Waals surface area contributed by atoms with Crippen LogP contribution in [-0.2, 0) is 18.3 Å². The molecule has 0 N–H and O–H groups in total. The highest BCUT2D eigenvalue weighted by Crippen LogP contribution is 2.42. The van der Waals surface area contributed by atoms with Crippen LogP contribution < -0.4 is 0 Å². The van der Waals surface area contributed by atoms with Crippen molar-refractivity contribution in [1.82, 2.24) is 19.7 Å². The molecule has 0 spiro atoms. The average Bonchev–Trinajstić information content (AvgIpc) is 3.30. The van der Waals surface area contributed by atoms with Crippen LogP contribution in [0.5, 0.6) is 0 Å². The minimum absolute atomic E-state index is 0.0500. The average molecular weight is 334 g/mol. The number of nitrogens with zero attached hydrogens (tertiary/aromatic N) is 4. The van der Waals surface area contributed by atoms with Crippen molar-refractivity contribution in [2.45, 2.75) is 50.1 Å². The highest BCUT2D eigenvalue weighted by Gasteiger charge is 2.44. The van der Waals surface area contributed by atoms with E-state index in [9.17, 15) is 4.79 Å². The number of hydrogen-bond donors (Lipinski definition) is 0. The van der Waals surface area contributed by atoms with Gasteiger partial charge < -0.3 is 4.90 Å². The summed E-state index contributed by atoms with van der Waals surface area (Å²) in [6.07, 6.45) is 10.9. The Morgan fingerprint density at radius 3 is 2.92 bits per heavy atom. The predicted octanol–water partition coefficient (Wildman–Crippen LogP) is 2.69. The highest BCUT2D eigenvalue weighted by molar-refractivity contribution is 5.86. The molecule has 1 amide bonds. The van der Waals surface area contributed by atoms with Crippen molar-refractivity contribution in [3.05, 3.63) is 53.6 Å². The Balaban J connectivity index is 1.44. The molecular weight excluding hydrogens is 312 g/mol. The molecule has 4 heterocycles. The van der Waals surface area contributed by atoms with Gasteiger partial charge in [0, 0.05) is 25.5 Å². The lowest BCUT2D eigenvalue weighted by Gasteiger charge is -2.35. The number of rotatable bonds is 2.